The van der Waals surface area contributed by atoms with Crippen LogP contribution < -0.4 is 19.7 Å². The molecular weight excluding hydrogens is 346 g/mol. The van der Waals surface area contributed by atoms with E-state index in [1.165, 1.54) is 0 Å². The Bertz CT molecular complexity index is 773. The lowest BCUT2D eigenvalue weighted by atomic mass is 10.1. The van der Waals surface area contributed by atoms with E-state index in [1.54, 1.807) is 32.4 Å². The zero-order valence-corrected chi connectivity index (χ0v) is 15.9. The maximum absolute atomic E-state index is 12.8. The number of aromatic nitrogens is 2. The number of rotatable bonds is 6. The Labute approximate surface area is 159 Å². The smallest absolute Gasteiger partial charge is 0.254 e. The number of hydrogen-bond donors (Lipinski definition) is 1. The molecule has 0 aliphatic carbocycles. The van der Waals surface area contributed by atoms with Crippen molar-refractivity contribution in [1.29, 1.82) is 0 Å². The molecule has 8 heteroatoms. The summed E-state index contributed by atoms with van der Waals surface area (Å²) in [5, 5.41) is 11.6. The van der Waals surface area contributed by atoms with Crippen molar-refractivity contribution in [2.24, 2.45) is 0 Å². The first-order valence-electron chi connectivity index (χ1n) is 9.00. The van der Waals surface area contributed by atoms with Crippen molar-refractivity contribution in [2.75, 3.05) is 57.2 Å². The van der Waals surface area contributed by atoms with E-state index >= 15 is 0 Å². The maximum atomic E-state index is 12.8. The molecule has 1 aliphatic heterocycles. The van der Waals surface area contributed by atoms with Crippen molar-refractivity contribution in [3.8, 4) is 11.5 Å². The molecule has 1 aromatic heterocycles. The number of piperazine rings is 1. The van der Waals surface area contributed by atoms with Gasteiger partial charge >= 0.3 is 0 Å². The van der Waals surface area contributed by atoms with Gasteiger partial charge in [0.15, 0.2) is 17.3 Å². The second-order valence-corrected chi connectivity index (χ2v) is 6.16. The van der Waals surface area contributed by atoms with Crippen molar-refractivity contribution in [3.63, 3.8) is 0 Å². The molecule has 1 saturated heterocycles. The summed E-state index contributed by atoms with van der Waals surface area (Å²) in [7, 11) is 3.14. The van der Waals surface area contributed by atoms with E-state index in [4.69, 9.17) is 9.47 Å². The zero-order chi connectivity index (χ0) is 19.2. The first-order valence-corrected chi connectivity index (χ1v) is 9.00. The summed E-state index contributed by atoms with van der Waals surface area (Å²) in [4.78, 5) is 16.8. The lowest BCUT2D eigenvalue weighted by Crippen LogP contribution is -2.49. The molecule has 1 fully saturated rings. The molecule has 8 nitrogen and oxygen atoms in total. The fourth-order valence-corrected chi connectivity index (χ4v) is 3.06. The van der Waals surface area contributed by atoms with Crippen molar-refractivity contribution in [1.82, 2.24) is 15.1 Å². The van der Waals surface area contributed by atoms with Gasteiger partial charge in [-0.05, 0) is 37.3 Å². The lowest BCUT2D eigenvalue weighted by Gasteiger charge is -2.35. The van der Waals surface area contributed by atoms with E-state index in [0.717, 1.165) is 18.2 Å². The van der Waals surface area contributed by atoms with Gasteiger partial charge in [-0.2, -0.15) is 0 Å². The van der Waals surface area contributed by atoms with E-state index in [0.29, 0.717) is 43.2 Å². The van der Waals surface area contributed by atoms with Crippen LogP contribution in [0.4, 0.5) is 11.6 Å². The average molecular weight is 371 g/mol. The fourth-order valence-electron chi connectivity index (χ4n) is 3.06. The molecule has 0 bridgehead atoms. The molecule has 0 spiro atoms. The molecule has 1 aliphatic rings. The molecule has 3 rings (SSSR count). The van der Waals surface area contributed by atoms with E-state index in [9.17, 15) is 4.79 Å². The number of hydrogen-bond acceptors (Lipinski definition) is 7. The summed E-state index contributed by atoms with van der Waals surface area (Å²) in [5.74, 6) is 2.75. The van der Waals surface area contributed by atoms with Crippen LogP contribution in [0.15, 0.2) is 30.3 Å². The number of carbonyl (C=O) groups is 1. The molecule has 0 unspecified atom stereocenters. The minimum absolute atomic E-state index is 0.0100. The molecule has 1 aromatic carbocycles. The van der Waals surface area contributed by atoms with Crippen LogP contribution in [0, 0.1) is 0 Å². The largest absolute Gasteiger partial charge is 0.493 e. The SMILES string of the molecule is CCNc1ccc(N2CCN(C(=O)c3ccc(OC)c(OC)c3)CC2)nn1. The van der Waals surface area contributed by atoms with Crippen LogP contribution in [0.25, 0.3) is 0 Å². The Balaban J connectivity index is 1.62. The third-order valence-electron chi connectivity index (χ3n) is 4.53. The number of carbonyl (C=O) groups excluding carboxylic acids is 1. The van der Waals surface area contributed by atoms with Crippen LogP contribution in [0.1, 0.15) is 17.3 Å². The Kier molecular flexibility index (Phi) is 5.95. The van der Waals surface area contributed by atoms with Gasteiger partial charge in [-0.15, -0.1) is 10.2 Å². The molecule has 2 heterocycles. The highest BCUT2D eigenvalue weighted by molar-refractivity contribution is 5.95. The van der Waals surface area contributed by atoms with Crippen molar-refractivity contribution in [2.45, 2.75) is 6.92 Å². The summed E-state index contributed by atoms with van der Waals surface area (Å²) in [6.07, 6.45) is 0. The normalized spacial score (nSPS) is 14.0. The molecule has 2 aromatic rings. The third-order valence-corrected chi connectivity index (χ3v) is 4.53. The zero-order valence-electron chi connectivity index (χ0n) is 15.9. The number of amides is 1. The van der Waals surface area contributed by atoms with Crippen molar-refractivity contribution < 1.29 is 14.3 Å². The van der Waals surface area contributed by atoms with Gasteiger partial charge in [0, 0.05) is 38.3 Å². The van der Waals surface area contributed by atoms with Gasteiger partial charge in [0.1, 0.15) is 5.82 Å². The predicted molar refractivity (Wildman–Crippen MR) is 104 cm³/mol. The summed E-state index contributed by atoms with van der Waals surface area (Å²) >= 11 is 0. The summed E-state index contributed by atoms with van der Waals surface area (Å²) < 4.78 is 10.5. The minimum Gasteiger partial charge on any atom is -0.493 e. The van der Waals surface area contributed by atoms with Crippen LogP contribution in [0.3, 0.4) is 0 Å². The van der Waals surface area contributed by atoms with Gasteiger partial charge in [-0.1, -0.05) is 0 Å². The monoisotopic (exact) mass is 371 g/mol. The highest BCUT2D eigenvalue weighted by Crippen LogP contribution is 2.28. The van der Waals surface area contributed by atoms with Crippen LogP contribution in [-0.2, 0) is 0 Å². The van der Waals surface area contributed by atoms with E-state index < -0.39 is 0 Å². The number of ether oxygens (including phenoxy) is 2. The van der Waals surface area contributed by atoms with Gasteiger partial charge in [0.2, 0.25) is 0 Å². The lowest BCUT2D eigenvalue weighted by molar-refractivity contribution is 0.0746. The first-order chi connectivity index (χ1) is 13.2. The Morgan fingerprint density at radius 2 is 1.78 bits per heavy atom. The van der Waals surface area contributed by atoms with Crippen LogP contribution in [0.2, 0.25) is 0 Å². The first kappa shape index (κ1) is 18.8. The number of benzene rings is 1. The molecule has 144 valence electrons. The van der Waals surface area contributed by atoms with Gasteiger partial charge in [-0.3, -0.25) is 4.79 Å². The standard InChI is InChI=1S/C19H25N5O3/c1-4-20-17-7-8-18(22-21-17)23-9-11-24(12-10-23)19(25)14-5-6-15(26-2)16(13-14)27-3/h5-8,13H,4,9-12H2,1-3H3,(H,20,21). The Hall–Kier alpha value is -3.03. The highest BCUT2D eigenvalue weighted by Gasteiger charge is 2.24. The van der Waals surface area contributed by atoms with Gasteiger partial charge in [-0.25, -0.2) is 0 Å². The molecule has 1 N–H and O–H groups in total. The van der Waals surface area contributed by atoms with Crippen LogP contribution >= 0.6 is 0 Å². The van der Waals surface area contributed by atoms with Crippen LogP contribution in [0.5, 0.6) is 11.5 Å². The second-order valence-electron chi connectivity index (χ2n) is 6.16. The Morgan fingerprint density at radius 1 is 1.04 bits per heavy atom. The topological polar surface area (TPSA) is 79.8 Å². The number of nitrogens with zero attached hydrogens (tertiary/aromatic N) is 4. The number of methoxy groups -OCH3 is 2. The number of nitrogens with one attached hydrogen (secondary N) is 1. The van der Waals surface area contributed by atoms with Gasteiger partial charge in [0.05, 0.1) is 14.2 Å². The average Bonchev–Trinajstić information content (AvgIpc) is 2.73. The molecule has 1 amide bonds. The third kappa shape index (κ3) is 4.21. The predicted octanol–water partition coefficient (Wildman–Crippen LogP) is 1.89. The van der Waals surface area contributed by atoms with Crippen molar-refractivity contribution >= 4 is 17.5 Å². The molecule has 27 heavy (non-hydrogen) atoms. The van der Waals surface area contributed by atoms with E-state index in [1.807, 2.05) is 24.0 Å². The summed E-state index contributed by atoms with van der Waals surface area (Å²) in [5.41, 5.74) is 0.593. The highest BCUT2D eigenvalue weighted by atomic mass is 16.5. The number of anilines is 2. The van der Waals surface area contributed by atoms with E-state index in [-0.39, 0.29) is 5.91 Å². The van der Waals surface area contributed by atoms with Crippen molar-refractivity contribution in [3.05, 3.63) is 35.9 Å². The maximum Gasteiger partial charge on any atom is 0.254 e. The summed E-state index contributed by atoms with van der Waals surface area (Å²) in [6, 6.07) is 9.12. The van der Waals surface area contributed by atoms with E-state index in [2.05, 4.69) is 20.4 Å². The van der Waals surface area contributed by atoms with Gasteiger partial charge in [0.25, 0.3) is 5.91 Å². The minimum atomic E-state index is -0.0100. The molecular formula is C19H25N5O3. The second kappa shape index (κ2) is 8.57. The fraction of sp³-hybridized carbons (Fsp3) is 0.421. The Morgan fingerprint density at radius 3 is 2.37 bits per heavy atom. The van der Waals surface area contributed by atoms with Gasteiger partial charge < -0.3 is 24.6 Å². The quantitative estimate of drug-likeness (QED) is 0.830. The van der Waals surface area contributed by atoms with Crippen LogP contribution in [-0.4, -0.2) is 67.9 Å². The molecule has 0 radical (unpaired) electrons. The molecule has 0 atom stereocenters. The summed E-state index contributed by atoms with van der Waals surface area (Å²) in [6.45, 7) is 5.52. The molecule has 0 saturated carbocycles.